The first-order valence-electron chi connectivity index (χ1n) is 8.50. The topological polar surface area (TPSA) is 103 Å². The zero-order chi connectivity index (χ0) is 20.3. The van der Waals surface area contributed by atoms with Gasteiger partial charge >= 0.3 is 0 Å². The van der Waals surface area contributed by atoms with Gasteiger partial charge in [-0.15, -0.1) is 10.2 Å². The van der Waals surface area contributed by atoms with E-state index in [0.29, 0.717) is 16.4 Å². The van der Waals surface area contributed by atoms with Crippen LogP contribution in [0.3, 0.4) is 0 Å². The number of anilines is 1. The van der Waals surface area contributed by atoms with E-state index in [9.17, 15) is 14.9 Å². The Bertz CT molecular complexity index is 1030. The van der Waals surface area contributed by atoms with Crippen molar-refractivity contribution in [3.8, 4) is 11.4 Å². The number of rotatable bonds is 6. The van der Waals surface area contributed by atoms with Gasteiger partial charge in [-0.1, -0.05) is 47.7 Å². The van der Waals surface area contributed by atoms with E-state index < -0.39 is 4.92 Å². The van der Waals surface area contributed by atoms with Crippen LogP contribution in [0.5, 0.6) is 0 Å². The van der Waals surface area contributed by atoms with Gasteiger partial charge < -0.3 is 9.88 Å². The average molecular weight is 397 g/mol. The summed E-state index contributed by atoms with van der Waals surface area (Å²) in [4.78, 5) is 22.8. The number of benzene rings is 2. The minimum Gasteiger partial charge on any atom is -0.325 e. The molecule has 1 aromatic heterocycles. The first kappa shape index (κ1) is 19.6. The van der Waals surface area contributed by atoms with E-state index in [1.807, 2.05) is 42.8 Å². The summed E-state index contributed by atoms with van der Waals surface area (Å²) in [5.41, 5.74) is 2.93. The molecule has 0 fully saturated rings. The zero-order valence-corrected chi connectivity index (χ0v) is 16.5. The van der Waals surface area contributed by atoms with Crippen LogP contribution in [0.1, 0.15) is 11.1 Å². The van der Waals surface area contributed by atoms with Gasteiger partial charge in [0.05, 0.1) is 21.9 Å². The van der Waals surface area contributed by atoms with E-state index in [-0.39, 0.29) is 17.3 Å². The molecule has 1 N–H and O–H groups in total. The minimum atomic E-state index is -0.466. The van der Waals surface area contributed by atoms with E-state index >= 15 is 0 Å². The monoisotopic (exact) mass is 397 g/mol. The molecule has 0 aliphatic heterocycles. The van der Waals surface area contributed by atoms with E-state index in [1.54, 1.807) is 19.1 Å². The number of nitrogens with zero attached hydrogens (tertiary/aromatic N) is 4. The number of carbonyl (C=O) groups excluding carboxylic acids is 1. The Morgan fingerprint density at radius 3 is 2.57 bits per heavy atom. The van der Waals surface area contributed by atoms with Crippen LogP contribution in [0.2, 0.25) is 0 Å². The fraction of sp³-hybridized carbons (Fsp3) is 0.211. The van der Waals surface area contributed by atoms with E-state index in [1.165, 1.54) is 17.8 Å². The van der Waals surface area contributed by atoms with Crippen molar-refractivity contribution in [1.29, 1.82) is 0 Å². The van der Waals surface area contributed by atoms with Crippen LogP contribution in [0.25, 0.3) is 11.4 Å². The lowest BCUT2D eigenvalue weighted by Crippen LogP contribution is -2.15. The van der Waals surface area contributed by atoms with E-state index in [2.05, 4.69) is 15.5 Å². The fourth-order valence-electron chi connectivity index (χ4n) is 2.67. The molecule has 0 unspecified atom stereocenters. The molecule has 0 atom stereocenters. The summed E-state index contributed by atoms with van der Waals surface area (Å²) < 4.78 is 1.83. The number of aromatic nitrogens is 3. The third kappa shape index (κ3) is 4.20. The van der Waals surface area contributed by atoms with Crippen molar-refractivity contribution < 1.29 is 9.72 Å². The van der Waals surface area contributed by atoms with Gasteiger partial charge in [0, 0.05) is 18.7 Å². The predicted molar refractivity (Wildman–Crippen MR) is 108 cm³/mol. The highest BCUT2D eigenvalue weighted by Gasteiger charge is 2.16. The number of nitro groups is 1. The van der Waals surface area contributed by atoms with Crippen LogP contribution >= 0.6 is 11.8 Å². The third-order valence-corrected chi connectivity index (χ3v) is 5.27. The third-order valence-electron chi connectivity index (χ3n) is 4.25. The Labute approximate surface area is 166 Å². The number of amides is 1. The van der Waals surface area contributed by atoms with Crippen molar-refractivity contribution in [3.63, 3.8) is 0 Å². The van der Waals surface area contributed by atoms with Gasteiger partial charge in [-0.25, -0.2) is 0 Å². The lowest BCUT2D eigenvalue weighted by Gasteiger charge is -2.08. The summed E-state index contributed by atoms with van der Waals surface area (Å²) in [5.74, 6) is 0.563. The molecule has 0 radical (unpaired) electrons. The lowest BCUT2D eigenvalue weighted by atomic mass is 10.1. The molecule has 28 heavy (non-hydrogen) atoms. The molecular weight excluding hydrogens is 378 g/mol. The largest absolute Gasteiger partial charge is 0.325 e. The smallest absolute Gasteiger partial charge is 0.274 e. The van der Waals surface area contributed by atoms with Crippen LogP contribution in [0.4, 0.5) is 11.4 Å². The van der Waals surface area contributed by atoms with Gasteiger partial charge in [0.1, 0.15) is 0 Å². The van der Waals surface area contributed by atoms with Gasteiger partial charge in [-0.2, -0.15) is 0 Å². The van der Waals surface area contributed by atoms with Crippen molar-refractivity contribution in [2.24, 2.45) is 7.05 Å². The van der Waals surface area contributed by atoms with Gasteiger partial charge in [-0.05, 0) is 19.9 Å². The van der Waals surface area contributed by atoms with Crippen LogP contribution in [0.15, 0.2) is 47.6 Å². The lowest BCUT2D eigenvalue weighted by molar-refractivity contribution is -0.385. The second kappa shape index (κ2) is 8.22. The number of aryl methyl sites for hydroxylation is 1. The standard InChI is InChI=1S/C19H19N5O3S/c1-12-7-9-14(10-8-12)18-21-22-19(23(18)3)28-11-17(25)20-15-5-4-6-16(13(15)2)24(26)27/h4-10H,11H2,1-3H3,(H,20,25). The number of carbonyl (C=O) groups is 1. The van der Waals surface area contributed by atoms with Crippen molar-refractivity contribution in [1.82, 2.24) is 14.8 Å². The Kier molecular flexibility index (Phi) is 5.74. The van der Waals surface area contributed by atoms with E-state index in [4.69, 9.17) is 0 Å². The maximum absolute atomic E-state index is 12.3. The molecule has 0 bridgehead atoms. The molecule has 0 spiro atoms. The highest BCUT2D eigenvalue weighted by molar-refractivity contribution is 7.99. The minimum absolute atomic E-state index is 0.0264. The second-order valence-corrected chi connectivity index (χ2v) is 7.22. The van der Waals surface area contributed by atoms with Crippen molar-refractivity contribution in [3.05, 3.63) is 63.7 Å². The summed E-state index contributed by atoms with van der Waals surface area (Å²) in [6.07, 6.45) is 0. The maximum Gasteiger partial charge on any atom is 0.274 e. The zero-order valence-electron chi connectivity index (χ0n) is 15.7. The summed E-state index contributed by atoms with van der Waals surface area (Å²) >= 11 is 1.25. The van der Waals surface area contributed by atoms with Crippen molar-refractivity contribution in [2.75, 3.05) is 11.1 Å². The molecule has 3 aromatic rings. The summed E-state index contributed by atoms with van der Waals surface area (Å²) in [6, 6.07) is 12.6. The molecule has 0 aliphatic rings. The Balaban J connectivity index is 1.67. The molecule has 8 nitrogen and oxygen atoms in total. The highest BCUT2D eigenvalue weighted by atomic mass is 32.2. The molecule has 3 rings (SSSR count). The maximum atomic E-state index is 12.3. The van der Waals surface area contributed by atoms with Crippen LogP contribution < -0.4 is 5.32 Å². The quantitative estimate of drug-likeness (QED) is 0.386. The average Bonchev–Trinajstić information content (AvgIpc) is 3.03. The van der Waals surface area contributed by atoms with Crippen LogP contribution in [0, 0.1) is 24.0 Å². The summed E-state index contributed by atoms with van der Waals surface area (Å²) in [6.45, 7) is 3.63. The predicted octanol–water partition coefficient (Wildman–Crippen LogP) is 3.74. The number of nitrogens with one attached hydrogen (secondary N) is 1. The van der Waals surface area contributed by atoms with Gasteiger partial charge in [0.25, 0.3) is 5.69 Å². The molecule has 144 valence electrons. The normalized spacial score (nSPS) is 10.7. The highest BCUT2D eigenvalue weighted by Crippen LogP contribution is 2.26. The molecule has 1 heterocycles. The number of thioether (sulfide) groups is 1. The number of nitro benzene ring substituents is 1. The molecular formula is C19H19N5O3S. The van der Waals surface area contributed by atoms with Crippen molar-refractivity contribution in [2.45, 2.75) is 19.0 Å². The number of hydrogen-bond acceptors (Lipinski definition) is 6. The molecule has 0 saturated carbocycles. The Morgan fingerprint density at radius 2 is 1.89 bits per heavy atom. The Hall–Kier alpha value is -3.20. The van der Waals surface area contributed by atoms with Gasteiger partial charge in [0.15, 0.2) is 11.0 Å². The number of hydrogen-bond donors (Lipinski definition) is 1. The first-order valence-corrected chi connectivity index (χ1v) is 9.48. The van der Waals surface area contributed by atoms with Gasteiger partial charge in [0.2, 0.25) is 5.91 Å². The molecule has 9 heteroatoms. The Morgan fingerprint density at radius 1 is 1.18 bits per heavy atom. The van der Waals surface area contributed by atoms with Crippen LogP contribution in [-0.4, -0.2) is 31.3 Å². The van der Waals surface area contributed by atoms with Crippen molar-refractivity contribution >= 4 is 29.0 Å². The molecule has 1 amide bonds. The SMILES string of the molecule is Cc1ccc(-c2nnc(SCC(=O)Nc3cccc([N+](=O)[O-])c3C)n2C)cc1. The molecule has 2 aromatic carbocycles. The molecule has 0 aliphatic carbocycles. The first-order chi connectivity index (χ1) is 13.4. The van der Waals surface area contributed by atoms with Gasteiger partial charge in [-0.3, -0.25) is 14.9 Å². The summed E-state index contributed by atoms with van der Waals surface area (Å²) in [5, 5.41) is 22.7. The second-order valence-electron chi connectivity index (χ2n) is 6.27. The molecule has 0 saturated heterocycles. The van der Waals surface area contributed by atoms with Crippen LogP contribution in [-0.2, 0) is 11.8 Å². The van der Waals surface area contributed by atoms with E-state index in [0.717, 1.165) is 17.0 Å². The summed E-state index contributed by atoms with van der Waals surface area (Å²) in [7, 11) is 1.85. The fourth-order valence-corrected chi connectivity index (χ4v) is 3.38.